The van der Waals surface area contributed by atoms with E-state index in [1.807, 2.05) is 20.8 Å². The van der Waals surface area contributed by atoms with Crippen molar-refractivity contribution in [3.8, 4) is 0 Å². The predicted molar refractivity (Wildman–Crippen MR) is 71.7 cm³/mol. The van der Waals surface area contributed by atoms with Gasteiger partial charge in [0.1, 0.15) is 17.4 Å². The van der Waals surface area contributed by atoms with E-state index in [1.165, 1.54) is 0 Å². The number of ether oxygens (including phenoxy) is 2. The Kier molecular flexibility index (Phi) is 6.18. The fourth-order valence-corrected chi connectivity index (χ4v) is 1.62. The van der Waals surface area contributed by atoms with E-state index < -0.39 is 11.7 Å². The lowest BCUT2D eigenvalue weighted by Crippen LogP contribution is -2.51. The van der Waals surface area contributed by atoms with Crippen molar-refractivity contribution in [2.24, 2.45) is 11.8 Å². The lowest BCUT2D eigenvalue weighted by Gasteiger charge is -2.33. The molecular formula is C13H26N2O3. The molecule has 0 aromatic heterocycles. The number of carbonyl (C=O) groups is 1. The van der Waals surface area contributed by atoms with Crippen LogP contribution in [-0.2, 0) is 9.47 Å². The van der Waals surface area contributed by atoms with E-state index >= 15 is 0 Å². The van der Waals surface area contributed by atoms with Crippen LogP contribution in [0.2, 0.25) is 0 Å². The lowest BCUT2D eigenvalue weighted by atomic mass is 10.0. The molecule has 5 nitrogen and oxygen atoms in total. The molecule has 1 amide bonds. The molecule has 5 heteroatoms. The number of rotatable bonds is 4. The summed E-state index contributed by atoms with van der Waals surface area (Å²) in [6.45, 7) is 11.2. The first-order chi connectivity index (χ1) is 8.14. The summed E-state index contributed by atoms with van der Waals surface area (Å²) in [5.74, 6) is 6.63. The third kappa shape index (κ3) is 4.96. The Morgan fingerprint density at radius 1 is 1.33 bits per heavy atom. The molecule has 0 saturated heterocycles. The zero-order valence-corrected chi connectivity index (χ0v) is 12.5. The summed E-state index contributed by atoms with van der Waals surface area (Å²) < 4.78 is 10.5. The van der Waals surface area contributed by atoms with Gasteiger partial charge in [0.2, 0.25) is 0 Å². The summed E-state index contributed by atoms with van der Waals surface area (Å²) >= 11 is 0. The highest BCUT2D eigenvalue weighted by Crippen LogP contribution is 2.20. The monoisotopic (exact) mass is 258 g/mol. The summed E-state index contributed by atoms with van der Waals surface area (Å²) in [5, 5.41) is 1.09. The molecule has 2 N–H and O–H groups in total. The van der Waals surface area contributed by atoms with Gasteiger partial charge >= 0.3 is 6.09 Å². The van der Waals surface area contributed by atoms with E-state index in [2.05, 4.69) is 0 Å². The van der Waals surface area contributed by atoms with Crippen molar-refractivity contribution in [3.05, 3.63) is 11.8 Å². The lowest BCUT2D eigenvalue weighted by molar-refractivity contribution is 0.00862. The molecule has 0 aliphatic carbocycles. The zero-order chi connectivity index (χ0) is 14.5. The summed E-state index contributed by atoms with van der Waals surface area (Å²) in [5.41, 5.74) is -0.570. The topological polar surface area (TPSA) is 64.8 Å². The molecule has 1 unspecified atom stereocenters. The van der Waals surface area contributed by atoms with E-state index in [-0.39, 0.29) is 12.0 Å². The third-order valence-corrected chi connectivity index (χ3v) is 2.35. The van der Waals surface area contributed by atoms with Gasteiger partial charge in [-0.2, -0.15) is 0 Å². The predicted octanol–water partition coefficient (Wildman–Crippen LogP) is 2.67. The number of methoxy groups -OCH3 is 1. The highest BCUT2D eigenvalue weighted by Gasteiger charge is 2.31. The van der Waals surface area contributed by atoms with Crippen LogP contribution in [0, 0.1) is 5.92 Å². The quantitative estimate of drug-likeness (QED) is 0.364. The molecule has 0 aromatic rings. The number of nitrogens with two attached hydrogens (primary N) is 1. The number of carbonyl (C=O) groups excluding carboxylic acids is 1. The van der Waals surface area contributed by atoms with Crippen LogP contribution in [0.15, 0.2) is 11.8 Å². The first-order valence-electron chi connectivity index (χ1n) is 6.11. The highest BCUT2D eigenvalue weighted by molar-refractivity contribution is 5.68. The van der Waals surface area contributed by atoms with Gasteiger partial charge in [-0.15, -0.1) is 0 Å². The molecule has 0 aliphatic heterocycles. The Morgan fingerprint density at radius 2 is 1.83 bits per heavy atom. The zero-order valence-electron chi connectivity index (χ0n) is 12.5. The fourth-order valence-electron chi connectivity index (χ4n) is 1.62. The van der Waals surface area contributed by atoms with Crippen molar-refractivity contribution in [1.29, 1.82) is 0 Å². The van der Waals surface area contributed by atoms with Crippen molar-refractivity contribution in [3.63, 3.8) is 0 Å². The standard InChI is InChI=1S/C13H26N2O3/c1-8-10(17-7)11(9(2)3)15(14)12(16)18-13(4,5)6/h8-9,11H,14H2,1-7H3/b10-8+. The van der Waals surface area contributed by atoms with E-state index in [0.717, 1.165) is 5.01 Å². The Labute approximate surface area is 110 Å². The maximum Gasteiger partial charge on any atom is 0.425 e. The Balaban J connectivity index is 4.99. The molecule has 18 heavy (non-hydrogen) atoms. The molecule has 0 spiro atoms. The number of allylic oxidation sites excluding steroid dienone is 1. The molecule has 106 valence electrons. The smallest absolute Gasteiger partial charge is 0.425 e. The maximum atomic E-state index is 11.9. The molecule has 0 heterocycles. The second-order valence-electron chi connectivity index (χ2n) is 5.47. The Morgan fingerprint density at radius 3 is 2.11 bits per heavy atom. The Hall–Kier alpha value is -1.23. The van der Waals surface area contributed by atoms with Gasteiger partial charge in [0, 0.05) is 0 Å². The van der Waals surface area contributed by atoms with Gasteiger partial charge in [-0.3, -0.25) is 0 Å². The fraction of sp³-hybridized carbons (Fsp3) is 0.769. The highest BCUT2D eigenvalue weighted by atomic mass is 16.6. The molecule has 0 radical (unpaired) electrons. The average molecular weight is 258 g/mol. The second kappa shape index (κ2) is 6.64. The minimum absolute atomic E-state index is 0.119. The van der Waals surface area contributed by atoms with Crippen LogP contribution < -0.4 is 5.84 Å². The van der Waals surface area contributed by atoms with Crippen LogP contribution in [0.5, 0.6) is 0 Å². The van der Waals surface area contributed by atoms with E-state index in [0.29, 0.717) is 5.76 Å². The van der Waals surface area contributed by atoms with Gasteiger partial charge in [-0.25, -0.2) is 15.6 Å². The first-order valence-corrected chi connectivity index (χ1v) is 6.11. The van der Waals surface area contributed by atoms with E-state index in [9.17, 15) is 4.79 Å². The van der Waals surface area contributed by atoms with E-state index in [4.69, 9.17) is 15.3 Å². The van der Waals surface area contributed by atoms with Crippen molar-refractivity contribution >= 4 is 6.09 Å². The molecule has 0 aliphatic rings. The molecule has 1 atom stereocenters. The van der Waals surface area contributed by atoms with Crippen LogP contribution in [0.25, 0.3) is 0 Å². The van der Waals surface area contributed by atoms with Gasteiger partial charge < -0.3 is 9.47 Å². The van der Waals surface area contributed by atoms with Gasteiger partial charge in [0.15, 0.2) is 0 Å². The number of hydrogen-bond acceptors (Lipinski definition) is 4. The maximum absolute atomic E-state index is 11.9. The normalized spacial score (nSPS) is 14.4. The van der Waals surface area contributed by atoms with Crippen molar-refractivity contribution in [1.82, 2.24) is 5.01 Å². The van der Waals surface area contributed by atoms with Gasteiger partial charge in [0.25, 0.3) is 0 Å². The van der Waals surface area contributed by atoms with Crippen LogP contribution in [0.1, 0.15) is 41.5 Å². The van der Waals surface area contributed by atoms with Crippen LogP contribution in [0.3, 0.4) is 0 Å². The number of hydrazine groups is 1. The minimum Gasteiger partial charge on any atom is -0.499 e. The van der Waals surface area contributed by atoms with Crippen LogP contribution >= 0.6 is 0 Å². The van der Waals surface area contributed by atoms with Gasteiger partial charge in [-0.05, 0) is 39.7 Å². The third-order valence-electron chi connectivity index (χ3n) is 2.35. The van der Waals surface area contributed by atoms with Crippen LogP contribution in [0.4, 0.5) is 4.79 Å². The average Bonchev–Trinajstić information content (AvgIpc) is 2.21. The largest absolute Gasteiger partial charge is 0.499 e. The number of amides is 1. The summed E-state index contributed by atoms with van der Waals surface area (Å²) in [4.78, 5) is 11.9. The Bertz CT molecular complexity index is 306. The van der Waals surface area contributed by atoms with Gasteiger partial charge in [-0.1, -0.05) is 13.8 Å². The van der Waals surface area contributed by atoms with Crippen LogP contribution in [-0.4, -0.2) is 29.9 Å². The first kappa shape index (κ1) is 16.8. The summed E-state index contributed by atoms with van der Waals surface area (Å²) in [7, 11) is 1.56. The molecular weight excluding hydrogens is 232 g/mol. The molecule has 0 rings (SSSR count). The molecule has 0 bridgehead atoms. The summed E-state index contributed by atoms with van der Waals surface area (Å²) in [6, 6.07) is -0.338. The van der Waals surface area contributed by atoms with Crippen molar-refractivity contribution < 1.29 is 14.3 Å². The van der Waals surface area contributed by atoms with E-state index in [1.54, 1.807) is 34.0 Å². The van der Waals surface area contributed by atoms with Gasteiger partial charge in [0.05, 0.1) is 7.11 Å². The molecule has 0 fully saturated rings. The summed E-state index contributed by atoms with van der Waals surface area (Å²) in [6.07, 6.45) is 1.24. The number of nitrogens with zero attached hydrogens (tertiary/aromatic N) is 1. The minimum atomic E-state index is -0.570. The van der Waals surface area contributed by atoms with Crippen molar-refractivity contribution in [2.75, 3.05) is 7.11 Å². The SMILES string of the molecule is C/C=C(/OC)C(C(C)C)N(N)C(=O)OC(C)(C)C. The number of hydrogen-bond donors (Lipinski definition) is 1. The van der Waals surface area contributed by atoms with Crippen molar-refractivity contribution in [2.45, 2.75) is 53.2 Å². The molecule has 0 aromatic carbocycles. The second-order valence-corrected chi connectivity index (χ2v) is 5.47. The molecule has 0 saturated carbocycles.